The van der Waals surface area contributed by atoms with Crippen LogP contribution in [0.15, 0.2) is 24.5 Å². The molecule has 0 amide bonds. The Morgan fingerprint density at radius 2 is 1.52 bits per heavy atom. The van der Waals surface area contributed by atoms with Crippen LogP contribution >= 0.6 is 0 Å². The summed E-state index contributed by atoms with van der Waals surface area (Å²) in [6, 6.07) is 3.78. The van der Waals surface area contributed by atoms with Gasteiger partial charge < -0.3 is 9.80 Å². The van der Waals surface area contributed by atoms with Crippen molar-refractivity contribution in [3.63, 3.8) is 0 Å². The van der Waals surface area contributed by atoms with Crippen LogP contribution in [0.2, 0.25) is 0 Å². The first-order valence-electron chi connectivity index (χ1n) is 9.22. The Bertz CT molecular complexity index is 459. The second kappa shape index (κ2) is 8.55. The van der Waals surface area contributed by atoms with E-state index in [1.807, 2.05) is 12.1 Å². The van der Waals surface area contributed by atoms with Gasteiger partial charge in [-0.3, -0.25) is 9.78 Å². The number of likely N-dealkylation sites (tertiary alicyclic amines) is 2. The maximum absolute atomic E-state index is 13.0. The molecule has 0 atom stereocenters. The Morgan fingerprint density at radius 1 is 0.957 bits per heavy atom. The van der Waals surface area contributed by atoms with Crippen LogP contribution in [0.25, 0.3) is 0 Å². The smallest absolute Gasteiger partial charge is 0.170 e. The topological polar surface area (TPSA) is 36.4 Å². The number of Topliss-reactive ketones (excluding diaryl/α,β-unsaturated/α-hetero) is 1. The van der Waals surface area contributed by atoms with Crippen molar-refractivity contribution in [1.29, 1.82) is 0 Å². The molecule has 2 aliphatic rings. The Morgan fingerprint density at radius 3 is 2.00 bits per heavy atom. The number of carbonyl (C=O) groups is 1. The molecule has 0 radical (unpaired) electrons. The van der Waals surface area contributed by atoms with Gasteiger partial charge in [-0.15, -0.1) is 0 Å². The van der Waals surface area contributed by atoms with Crippen molar-refractivity contribution in [2.75, 3.05) is 39.3 Å². The van der Waals surface area contributed by atoms with Gasteiger partial charge in [-0.25, -0.2) is 0 Å². The van der Waals surface area contributed by atoms with E-state index in [4.69, 9.17) is 0 Å². The molecular formula is C19H29N3O. The summed E-state index contributed by atoms with van der Waals surface area (Å²) >= 11 is 0. The molecular weight excluding hydrogens is 286 g/mol. The molecule has 1 aromatic heterocycles. The Labute approximate surface area is 139 Å². The van der Waals surface area contributed by atoms with Crippen molar-refractivity contribution in [1.82, 2.24) is 14.8 Å². The predicted molar refractivity (Wildman–Crippen MR) is 92.6 cm³/mol. The van der Waals surface area contributed by atoms with Gasteiger partial charge in [-0.1, -0.05) is 12.8 Å². The largest absolute Gasteiger partial charge is 0.303 e. The summed E-state index contributed by atoms with van der Waals surface area (Å²) in [4.78, 5) is 22.1. The molecule has 2 fully saturated rings. The Balaban J connectivity index is 1.67. The second-order valence-electron chi connectivity index (χ2n) is 7.03. The summed E-state index contributed by atoms with van der Waals surface area (Å²) in [5.41, 5.74) is 0.770. The second-order valence-corrected chi connectivity index (χ2v) is 7.03. The highest BCUT2D eigenvalue weighted by Gasteiger charge is 2.26. The zero-order valence-corrected chi connectivity index (χ0v) is 14.1. The number of rotatable bonds is 6. The molecule has 23 heavy (non-hydrogen) atoms. The van der Waals surface area contributed by atoms with Crippen molar-refractivity contribution in [3.05, 3.63) is 30.1 Å². The van der Waals surface area contributed by atoms with E-state index in [0.717, 1.165) is 44.8 Å². The van der Waals surface area contributed by atoms with E-state index in [9.17, 15) is 4.79 Å². The van der Waals surface area contributed by atoms with Crippen molar-refractivity contribution in [2.45, 2.75) is 38.5 Å². The van der Waals surface area contributed by atoms with Crippen LogP contribution in [0, 0.1) is 5.92 Å². The first-order chi connectivity index (χ1) is 11.3. The predicted octanol–water partition coefficient (Wildman–Crippen LogP) is 2.85. The first kappa shape index (κ1) is 16.6. The molecule has 0 aromatic carbocycles. The molecule has 1 aromatic rings. The molecule has 3 rings (SSSR count). The van der Waals surface area contributed by atoms with Crippen LogP contribution in [0.4, 0.5) is 0 Å². The average Bonchev–Trinajstić information content (AvgIpc) is 2.63. The summed E-state index contributed by atoms with van der Waals surface area (Å²) in [6.07, 6.45) is 11.2. The minimum absolute atomic E-state index is 0.0791. The molecule has 0 spiro atoms. The third kappa shape index (κ3) is 4.85. The first-order valence-corrected chi connectivity index (χ1v) is 9.22. The van der Waals surface area contributed by atoms with Crippen molar-refractivity contribution < 1.29 is 4.79 Å². The number of hydrogen-bond acceptors (Lipinski definition) is 4. The quantitative estimate of drug-likeness (QED) is 0.756. The van der Waals surface area contributed by atoms with E-state index in [-0.39, 0.29) is 11.7 Å². The van der Waals surface area contributed by atoms with E-state index in [1.165, 1.54) is 38.5 Å². The normalized spacial score (nSPS) is 20.7. The summed E-state index contributed by atoms with van der Waals surface area (Å²) in [7, 11) is 0. The van der Waals surface area contributed by atoms with E-state index < -0.39 is 0 Å². The molecule has 0 aliphatic carbocycles. The molecule has 4 nitrogen and oxygen atoms in total. The van der Waals surface area contributed by atoms with E-state index in [1.54, 1.807) is 12.4 Å². The van der Waals surface area contributed by atoms with Crippen LogP contribution < -0.4 is 0 Å². The van der Waals surface area contributed by atoms with Crippen molar-refractivity contribution in [3.8, 4) is 0 Å². The lowest BCUT2D eigenvalue weighted by atomic mass is 9.95. The molecule has 0 unspecified atom stereocenters. The minimum atomic E-state index is 0.0791. The van der Waals surface area contributed by atoms with Crippen LogP contribution in [-0.4, -0.2) is 59.8 Å². The van der Waals surface area contributed by atoms with Crippen LogP contribution in [0.3, 0.4) is 0 Å². The number of pyridine rings is 1. The van der Waals surface area contributed by atoms with Crippen molar-refractivity contribution in [2.24, 2.45) is 5.92 Å². The van der Waals surface area contributed by atoms with E-state index in [2.05, 4.69) is 14.8 Å². The average molecular weight is 315 g/mol. The summed E-state index contributed by atoms with van der Waals surface area (Å²) in [5.74, 6) is 0.352. The summed E-state index contributed by atoms with van der Waals surface area (Å²) in [5, 5.41) is 0. The molecule has 4 heteroatoms. The van der Waals surface area contributed by atoms with Crippen LogP contribution in [0.1, 0.15) is 48.9 Å². The molecule has 2 saturated heterocycles. The molecule has 0 N–H and O–H groups in total. The molecule has 126 valence electrons. The molecule has 0 bridgehead atoms. The van der Waals surface area contributed by atoms with Gasteiger partial charge in [0.25, 0.3) is 0 Å². The van der Waals surface area contributed by atoms with Gasteiger partial charge in [-0.05, 0) is 64.0 Å². The van der Waals surface area contributed by atoms with Gasteiger partial charge in [0, 0.05) is 37.0 Å². The fourth-order valence-electron chi connectivity index (χ4n) is 3.88. The maximum Gasteiger partial charge on any atom is 0.170 e. The van der Waals surface area contributed by atoms with Gasteiger partial charge in [-0.2, -0.15) is 0 Å². The highest BCUT2D eigenvalue weighted by atomic mass is 16.1. The highest BCUT2D eigenvalue weighted by molar-refractivity contribution is 5.97. The number of nitrogens with zero attached hydrogens (tertiary/aromatic N) is 3. The molecule has 0 saturated carbocycles. The van der Waals surface area contributed by atoms with Crippen molar-refractivity contribution >= 4 is 5.78 Å². The molecule has 2 aliphatic heterocycles. The van der Waals surface area contributed by atoms with Gasteiger partial charge in [0.1, 0.15) is 0 Å². The maximum atomic E-state index is 13.0. The van der Waals surface area contributed by atoms with Crippen LogP contribution in [0.5, 0.6) is 0 Å². The lowest BCUT2D eigenvalue weighted by Gasteiger charge is -2.34. The summed E-state index contributed by atoms with van der Waals surface area (Å²) in [6.45, 7) is 6.41. The monoisotopic (exact) mass is 315 g/mol. The number of aromatic nitrogens is 1. The fraction of sp³-hybridized carbons (Fsp3) is 0.684. The lowest BCUT2D eigenvalue weighted by Crippen LogP contribution is -2.43. The SMILES string of the molecule is O=C(c1cccnc1)C(CN1CCCCC1)CN1CCCCC1. The number of hydrogen-bond donors (Lipinski definition) is 0. The van der Waals surface area contributed by atoms with Gasteiger partial charge in [0.05, 0.1) is 0 Å². The summed E-state index contributed by atoms with van der Waals surface area (Å²) < 4.78 is 0. The van der Waals surface area contributed by atoms with Gasteiger partial charge in [0.15, 0.2) is 5.78 Å². The van der Waals surface area contributed by atoms with Crippen LogP contribution in [-0.2, 0) is 0 Å². The zero-order chi connectivity index (χ0) is 15.9. The Kier molecular flexibility index (Phi) is 6.17. The standard InChI is InChI=1S/C19H29N3O/c23-19(17-8-7-9-20-14-17)18(15-21-10-3-1-4-11-21)16-22-12-5-2-6-13-22/h7-9,14,18H,1-6,10-13,15-16H2. The van der Waals surface area contributed by atoms with Gasteiger partial charge in [0.2, 0.25) is 0 Å². The third-order valence-electron chi connectivity index (χ3n) is 5.17. The lowest BCUT2D eigenvalue weighted by molar-refractivity contribution is 0.0794. The Hall–Kier alpha value is -1.26. The van der Waals surface area contributed by atoms with E-state index >= 15 is 0 Å². The molecule has 3 heterocycles. The number of carbonyl (C=O) groups excluding carboxylic acids is 1. The number of piperidine rings is 2. The minimum Gasteiger partial charge on any atom is -0.303 e. The van der Waals surface area contributed by atoms with Gasteiger partial charge >= 0.3 is 0 Å². The van der Waals surface area contributed by atoms with E-state index in [0.29, 0.717) is 0 Å². The fourth-order valence-corrected chi connectivity index (χ4v) is 3.88. The third-order valence-corrected chi connectivity index (χ3v) is 5.17. The number of ketones is 1. The zero-order valence-electron chi connectivity index (χ0n) is 14.1. The highest BCUT2D eigenvalue weighted by Crippen LogP contribution is 2.18.